The molecule has 0 atom stereocenters. The SMILES string of the molecule is [2H]C([2H])([2H])[n+]1[c-]n(-c2cccc(Oc3ccc4c5ccccc5n(-c5cc(C(C)(C)C)ccn5)c4c3)c2)c2c1B(c1c(-c3ccccc3)cccc1-c1ccccc1)N(C)C=C2. The summed E-state index contributed by atoms with van der Waals surface area (Å²) in [6.45, 7) is 3.62. The minimum atomic E-state index is -2.53. The second kappa shape index (κ2) is 14.4. The molecule has 59 heavy (non-hydrogen) atoms. The molecule has 0 radical (unpaired) electrons. The van der Waals surface area contributed by atoms with Crippen LogP contribution in [0.1, 0.15) is 36.1 Å². The van der Waals surface area contributed by atoms with E-state index in [2.05, 4.69) is 127 Å². The van der Waals surface area contributed by atoms with Crippen LogP contribution in [0.3, 0.4) is 0 Å². The molecule has 0 fully saturated rings. The van der Waals surface area contributed by atoms with E-state index in [4.69, 9.17) is 13.8 Å². The van der Waals surface area contributed by atoms with Gasteiger partial charge < -0.3 is 18.7 Å². The fraction of sp³-hybridized carbons (Fsp3) is 0.115. The standard InChI is InChI=1S/C52H44BN5O/c1-52(2,3)38-28-30-54-49(32-38)58-46-25-13-12-22-44(46)45-27-26-41(34-48(45)58)59-40-21-14-20-39(33-40)57-35-55(4)51-47(57)29-31-56(5)53(51)50-42(36-16-8-6-9-17-36)23-15-24-43(50)37-18-10-7-11-19-37/h6-34H,1-5H3/i4D3. The quantitative estimate of drug-likeness (QED) is 0.0921. The van der Waals surface area contributed by atoms with Crippen molar-refractivity contribution in [2.75, 3.05) is 7.05 Å². The van der Waals surface area contributed by atoms with Gasteiger partial charge in [-0.25, -0.2) is 4.98 Å². The smallest absolute Gasteiger partial charge is 0.307 e. The molecule has 0 saturated carbocycles. The summed E-state index contributed by atoms with van der Waals surface area (Å²) in [5.41, 5.74) is 10.4. The second-order valence-corrected chi connectivity index (χ2v) is 16.2. The third-order valence-electron chi connectivity index (χ3n) is 11.4. The fourth-order valence-electron chi connectivity index (χ4n) is 8.55. The highest BCUT2D eigenvalue weighted by Gasteiger charge is 2.35. The van der Waals surface area contributed by atoms with Gasteiger partial charge in [-0.3, -0.25) is 4.57 Å². The molecule has 0 N–H and O–H groups in total. The van der Waals surface area contributed by atoms with E-state index in [1.165, 1.54) is 10.1 Å². The Morgan fingerprint density at radius 2 is 1.37 bits per heavy atom. The van der Waals surface area contributed by atoms with Crippen LogP contribution < -0.4 is 20.4 Å². The van der Waals surface area contributed by atoms with Crippen molar-refractivity contribution in [3.63, 3.8) is 0 Å². The number of para-hydroxylation sites is 1. The van der Waals surface area contributed by atoms with Gasteiger partial charge in [-0.2, -0.15) is 0 Å². The summed E-state index contributed by atoms with van der Waals surface area (Å²) in [7, 11) is 2.00. The summed E-state index contributed by atoms with van der Waals surface area (Å²) >= 11 is 0. The molecule has 0 amide bonds. The van der Waals surface area contributed by atoms with Gasteiger partial charge in [0.1, 0.15) is 17.3 Å². The lowest BCUT2D eigenvalue weighted by molar-refractivity contribution is -0.658. The number of aromatic nitrogens is 4. The molecule has 286 valence electrons. The summed E-state index contributed by atoms with van der Waals surface area (Å²) < 4.78 is 38.6. The zero-order valence-electron chi connectivity index (χ0n) is 36.5. The number of imidazole rings is 1. The molecule has 6 nitrogen and oxygen atoms in total. The first-order valence-electron chi connectivity index (χ1n) is 21.5. The first-order chi connectivity index (χ1) is 29.9. The van der Waals surface area contributed by atoms with Crippen molar-refractivity contribution >= 4 is 45.8 Å². The predicted octanol–water partition coefficient (Wildman–Crippen LogP) is 10.0. The molecule has 1 aliphatic heterocycles. The van der Waals surface area contributed by atoms with Crippen molar-refractivity contribution in [3.05, 3.63) is 188 Å². The zero-order chi connectivity index (χ0) is 42.8. The van der Waals surface area contributed by atoms with E-state index < -0.39 is 13.8 Å². The van der Waals surface area contributed by atoms with E-state index in [1.807, 2.05) is 96.8 Å². The van der Waals surface area contributed by atoms with Crippen molar-refractivity contribution in [2.45, 2.75) is 26.2 Å². The molecule has 6 aromatic carbocycles. The molecule has 0 aliphatic carbocycles. The maximum absolute atomic E-state index is 8.84. The van der Waals surface area contributed by atoms with Gasteiger partial charge in [0.05, 0.1) is 27.8 Å². The summed E-state index contributed by atoms with van der Waals surface area (Å²) in [5, 5.41) is 2.23. The first kappa shape index (κ1) is 32.9. The average Bonchev–Trinajstić information content (AvgIpc) is 3.83. The molecule has 9 aromatic rings. The molecule has 10 rings (SSSR count). The molecule has 4 heterocycles. The molecule has 0 saturated heterocycles. The maximum Gasteiger partial charge on any atom is 0.307 e. The van der Waals surface area contributed by atoms with Crippen LogP contribution in [0.15, 0.2) is 170 Å². The summed E-state index contributed by atoms with van der Waals surface area (Å²) in [4.78, 5) is 6.94. The number of rotatable bonds is 7. The Balaban J connectivity index is 1.09. The minimum Gasteiger partial charge on any atom is -0.458 e. The first-order valence-corrected chi connectivity index (χ1v) is 20.0. The number of fused-ring (bicyclic) bond motifs is 4. The number of nitrogens with zero attached hydrogens (tertiary/aromatic N) is 5. The van der Waals surface area contributed by atoms with Gasteiger partial charge in [-0.15, -0.1) is 0 Å². The Morgan fingerprint density at radius 3 is 2.10 bits per heavy atom. The summed E-state index contributed by atoms with van der Waals surface area (Å²) in [5.74, 6) is 2.11. The van der Waals surface area contributed by atoms with Crippen LogP contribution in [0.25, 0.3) is 61.6 Å². The van der Waals surface area contributed by atoms with E-state index >= 15 is 0 Å². The highest BCUT2D eigenvalue weighted by molar-refractivity contribution is 6.85. The lowest BCUT2D eigenvalue weighted by Crippen LogP contribution is -2.65. The third-order valence-corrected chi connectivity index (χ3v) is 11.4. The van der Waals surface area contributed by atoms with Gasteiger partial charge in [-0.05, 0) is 100 Å². The summed E-state index contributed by atoms with van der Waals surface area (Å²) in [6, 6.07) is 53.4. The summed E-state index contributed by atoms with van der Waals surface area (Å²) in [6.07, 6.45) is 9.17. The van der Waals surface area contributed by atoms with Crippen LogP contribution in [-0.4, -0.2) is 32.8 Å². The van der Waals surface area contributed by atoms with Crippen LogP contribution in [0.4, 0.5) is 0 Å². The zero-order valence-corrected chi connectivity index (χ0v) is 33.5. The molecule has 3 aromatic heterocycles. The molecule has 7 heteroatoms. The van der Waals surface area contributed by atoms with E-state index in [1.54, 1.807) is 0 Å². The van der Waals surface area contributed by atoms with Crippen LogP contribution in [0.2, 0.25) is 0 Å². The highest BCUT2D eigenvalue weighted by Crippen LogP contribution is 2.36. The highest BCUT2D eigenvalue weighted by atomic mass is 16.5. The van der Waals surface area contributed by atoms with Gasteiger partial charge in [0.25, 0.3) is 0 Å². The largest absolute Gasteiger partial charge is 0.458 e. The number of pyridine rings is 1. The Labute approximate surface area is 350 Å². The number of hydrogen-bond donors (Lipinski definition) is 0. The Morgan fingerprint density at radius 1 is 0.695 bits per heavy atom. The van der Waals surface area contributed by atoms with Crippen molar-refractivity contribution in [1.29, 1.82) is 0 Å². The van der Waals surface area contributed by atoms with E-state index in [0.717, 1.165) is 61.0 Å². The van der Waals surface area contributed by atoms with Gasteiger partial charge in [0.15, 0.2) is 0 Å². The predicted molar refractivity (Wildman–Crippen MR) is 242 cm³/mol. The Kier molecular flexibility index (Phi) is 8.02. The Bertz CT molecular complexity index is 3110. The van der Waals surface area contributed by atoms with Crippen LogP contribution in [0, 0.1) is 6.33 Å². The van der Waals surface area contributed by atoms with Gasteiger partial charge in [-0.1, -0.05) is 130 Å². The van der Waals surface area contributed by atoms with Gasteiger partial charge in [0.2, 0.25) is 6.33 Å². The molecular weight excluding hydrogens is 721 g/mol. The van der Waals surface area contributed by atoms with E-state index in [9.17, 15) is 0 Å². The third kappa shape index (κ3) is 6.40. The topological polar surface area (TPSA) is 39.1 Å². The normalized spacial score (nSPS) is 13.7. The van der Waals surface area contributed by atoms with Gasteiger partial charge >= 0.3 is 6.85 Å². The van der Waals surface area contributed by atoms with Crippen LogP contribution >= 0.6 is 0 Å². The van der Waals surface area contributed by atoms with Crippen LogP contribution in [-0.2, 0) is 12.4 Å². The average molecular weight is 769 g/mol. The van der Waals surface area contributed by atoms with E-state index in [0.29, 0.717) is 22.8 Å². The number of benzene rings is 6. The Hall–Kier alpha value is -7.12. The van der Waals surface area contributed by atoms with Crippen molar-refractivity contribution in [2.24, 2.45) is 6.98 Å². The fourth-order valence-corrected chi connectivity index (χ4v) is 8.55. The minimum absolute atomic E-state index is 0.0424. The number of hydrogen-bond acceptors (Lipinski definition) is 3. The maximum atomic E-state index is 8.84. The number of aryl methyl sites for hydroxylation is 1. The molecule has 1 aliphatic rings. The molecule has 0 spiro atoms. The van der Waals surface area contributed by atoms with Crippen molar-refractivity contribution in [3.8, 4) is 45.3 Å². The van der Waals surface area contributed by atoms with Crippen molar-refractivity contribution < 1.29 is 13.4 Å². The molecule has 0 unspecified atom stereocenters. The van der Waals surface area contributed by atoms with Crippen LogP contribution in [0.5, 0.6) is 11.5 Å². The van der Waals surface area contributed by atoms with Gasteiger partial charge in [0, 0.05) is 34.3 Å². The van der Waals surface area contributed by atoms with E-state index in [-0.39, 0.29) is 5.41 Å². The lowest BCUT2D eigenvalue weighted by Gasteiger charge is -2.33. The lowest BCUT2D eigenvalue weighted by atomic mass is 9.47. The van der Waals surface area contributed by atoms with Crippen molar-refractivity contribution in [1.82, 2.24) is 18.9 Å². The molecule has 0 bridgehead atoms. The monoisotopic (exact) mass is 768 g/mol. The molecular formula is C52H44BN5O. The number of ether oxygens (including phenoxy) is 1. The second-order valence-electron chi connectivity index (χ2n) is 16.2.